The molecule has 180 valence electrons. The molecule has 0 spiro atoms. The van der Waals surface area contributed by atoms with E-state index >= 15 is 0 Å². The second-order valence-electron chi connectivity index (χ2n) is 8.09. The van der Waals surface area contributed by atoms with Crippen molar-refractivity contribution in [1.29, 1.82) is 0 Å². The molecule has 4 heterocycles. The van der Waals surface area contributed by atoms with Crippen LogP contribution in [0.4, 0.5) is 15.9 Å². The number of pyridine rings is 3. The van der Waals surface area contributed by atoms with Gasteiger partial charge in [-0.2, -0.15) is 4.39 Å². The number of fused-ring (bicyclic) bond motifs is 2. The molecule has 9 heteroatoms. The predicted octanol–water partition coefficient (Wildman–Crippen LogP) is 6.32. The minimum Gasteiger partial charge on any atom is -0.495 e. The number of nitrogens with one attached hydrogen (secondary N) is 1. The average Bonchev–Trinajstić information content (AvgIpc) is 2.94. The number of ether oxygens (including phenoxy) is 2. The highest BCUT2D eigenvalue weighted by atomic mass is 19.1. The second-order valence-corrected chi connectivity index (χ2v) is 8.09. The lowest BCUT2D eigenvalue weighted by atomic mass is 10.1. The van der Waals surface area contributed by atoms with Gasteiger partial charge in [0, 0.05) is 41.0 Å². The van der Waals surface area contributed by atoms with Crippen molar-refractivity contribution >= 4 is 33.3 Å². The third kappa shape index (κ3) is 4.34. The van der Waals surface area contributed by atoms with Crippen molar-refractivity contribution < 1.29 is 13.9 Å². The Hall–Kier alpha value is -5.18. The molecule has 37 heavy (non-hydrogen) atoms. The normalized spacial score (nSPS) is 11.0. The fraction of sp³-hybridized carbons (Fsp3) is 0.0357. The Morgan fingerprint density at radius 3 is 2.43 bits per heavy atom. The van der Waals surface area contributed by atoms with Crippen LogP contribution in [-0.2, 0) is 0 Å². The number of anilines is 2. The lowest BCUT2D eigenvalue weighted by molar-refractivity contribution is 0.413. The fourth-order valence-corrected chi connectivity index (χ4v) is 4.01. The maximum Gasteiger partial charge on any atom is 0.222 e. The smallest absolute Gasteiger partial charge is 0.222 e. The third-order valence-electron chi connectivity index (χ3n) is 5.80. The van der Waals surface area contributed by atoms with Gasteiger partial charge in [-0.3, -0.25) is 4.98 Å². The first-order valence-electron chi connectivity index (χ1n) is 11.4. The average molecular weight is 490 g/mol. The molecule has 0 radical (unpaired) electrons. The molecule has 8 nitrogen and oxygen atoms in total. The van der Waals surface area contributed by atoms with Crippen LogP contribution in [0.1, 0.15) is 0 Å². The molecule has 0 saturated carbocycles. The number of hydrogen-bond donors (Lipinski definition) is 1. The second kappa shape index (κ2) is 9.46. The van der Waals surface area contributed by atoms with Gasteiger partial charge in [0.1, 0.15) is 22.7 Å². The predicted molar refractivity (Wildman–Crippen MR) is 139 cm³/mol. The quantitative estimate of drug-likeness (QED) is 0.271. The van der Waals surface area contributed by atoms with Crippen molar-refractivity contribution in [3.8, 4) is 28.5 Å². The Morgan fingerprint density at radius 1 is 0.784 bits per heavy atom. The summed E-state index contributed by atoms with van der Waals surface area (Å²) in [6.07, 6.45) is 4.70. The molecule has 0 aliphatic carbocycles. The van der Waals surface area contributed by atoms with Gasteiger partial charge >= 0.3 is 0 Å². The molecule has 0 bridgehead atoms. The largest absolute Gasteiger partial charge is 0.495 e. The number of benzene rings is 2. The van der Waals surface area contributed by atoms with E-state index in [1.165, 1.54) is 6.20 Å². The molecule has 0 saturated heterocycles. The van der Waals surface area contributed by atoms with E-state index in [-0.39, 0.29) is 0 Å². The van der Waals surface area contributed by atoms with Crippen LogP contribution in [0.15, 0.2) is 91.4 Å². The first-order chi connectivity index (χ1) is 18.2. The van der Waals surface area contributed by atoms with E-state index in [1.807, 2.05) is 54.6 Å². The van der Waals surface area contributed by atoms with Crippen molar-refractivity contribution in [3.05, 3.63) is 97.3 Å². The van der Waals surface area contributed by atoms with Crippen LogP contribution in [0, 0.1) is 5.95 Å². The van der Waals surface area contributed by atoms with Gasteiger partial charge in [-0.25, -0.2) is 9.97 Å². The summed E-state index contributed by atoms with van der Waals surface area (Å²) in [4.78, 5) is 12.5. The lowest BCUT2D eigenvalue weighted by Gasteiger charge is -2.12. The van der Waals surface area contributed by atoms with Crippen molar-refractivity contribution in [2.75, 3.05) is 12.4 Å². The van der Waals surface area contributed by atoms with Gasteiger partial charge in [0.2, 0.25) is 5.95 Å². The van der Waals surface area contributed by atoms with E-state index in [1.54, 1.807) is 37.7 Å². The molecule has 0 amide bonds. The van der Waals surface area contributed by atoms with Crippen LogP contribution in [0.2, 0.25) is 0 Å². The van der Waals surface area contributed by atoms with E-state index in [2.05, 4.69) is 30.5 Å². The van der Waals surface area contributed by atoms with Crippen LogP contribution in [0.3, 0.4) is 0 Å². The number of halogens is 1. The molecule has 6 rings (SSSR count). The molecule has 6 aromatic rings. The first kappa shape index (κ1) is 22.3. The third-order valence-corrected chi connectivity index (χ3v) is 5.80. The lowest BCUT2D eigenvalue weighted by Crippen LogP contribution is -2.00. The summed E-state index contributed by atoms with van der Waals surface area (Å²) < 4.78 is 25.6. The van der Waals surface area contributed by atoms with E-state index in [0.717, 1.165) is 16.5 Å². The Morgan fingerprint density at radius 2 is 1.62 bits per heavy atom. The number of hydrogen-bond acceptors (Lipinski definition) is 8. The molecule has 2 aromatic carbocycles. The molecule has 0 atom stereocenters. The van der Waals surface area contributed by atoms with Crippen LogP contribution in [-0.4, -0.2) is 32.3 Å². The molecule has 4 aromatic heterocycles. The van der Waals surface area contributed by atoms with Crippen molar-refractivity contribution in [1.82, 2.24) is 25.1 Å². The maximum absolute atomic E-state index is 14.3. The summed E-state index contributed by atoms with van der Waals surface area (Å²) in [5.74, 6) is 1.81. The number of aromatic nitrogens is 5. The number of nitrogens with zero attached hydrogens (tertiary/aromatic N) is 5. The van der Waals surface area contributed by atoms with Crippen LogP contribution in [0.5, 0.6) is 17.2 Å². The Bertz CT molecular complexity index is 1740. The van der Waals surface area contributed by atoms with Crippen molar-refractivity contribution in [2.24, 2.45) is 0 Å². The summed E-state index contributed by atoms with van der Waals surface area (Å²) in [7, 11) is 1.59. The highest BCUT2D eigenvalue weighted by molar-refractivity contribution is 6.00. The van der Waals surface area contributed by atoms with Crippen LogP contribution >= 0.6 is 0 Å². The Labute approximate surface area is 210 Å². The molecule has 0 aliphatic rings. The monoisotopic (exact) mass is 490 g/mol. The summed E-state index contributed by atoms with van der Waals surface area (Å²) in [6.45, 7) is 0. The van der Waals surface area contributed by atoms with E-state index < -0.39 is 5.95 Å². The van der Waals surface area contributed by atoms with Gasteiger partial charge in [-0.15, -0.1) is 10.2 Å². The topological polar surface area (TPSA) is 94.9 Å². The summed E-state index contributed by atoms with van der Waals surface area (Å²) in [5, 5.41) is 13.5. The van der Waals surface area contributed by atoms with Crippen LogP contribution < -0.4 is 14.8 Å². The number of methoxy groups -OCH3 is 1. The van der Waals surface area contributed by atoms with Crippen molar-refractivity contribution in [2.45, 2.75) is 0 Å². The Kier molecular flexibility index (Phi) is 5.70. The summed E-state index contributed by atoms with van der Waals surface area (Å²) in [6, 6.07) is 21.9. The Balaban J connectivity index is 1.27. The fourth-order valence-electron chi connectivity index (χ4n) is 4.01. The molecular weight excluding hydrogens is 471 g/mol. The van der Waals surface area contributed by atoms with Crippen LogP contribution in [0.25, 0.3) is 33.1 Å². The molecule has 0 unspecified atom stereocenters. The molecule has 0 aliphatic heterocycles. The zero-order valence-corrected chi connectivity index (χ0v) is 19.6. The van der Waals surface area contributed by atoms with Gasteiger partial charge in [0.15, 0.2) is 11.6 Å². The van der Waals surface area contributed by atoms with E-state index in [0.29, 0.717) is 45.4 Å². The maximum atomic E-state index is 14.3. The molecule has 1 N–H and O–H groups in total. The van der Waals surface area contributed by atoms with E-state index in [9.17, 15) is 4.39 Å². The summed E-state index contributed by atoms with van der Waals surface area (Å²) in [5.41, 5.74) is 2.84. The van der Waals surface area contributed by atoms with Gasteiger partial charge in [-0.1, -0.05) is 24.3 Å². The van der Waals surface area contributed by atoms with Gasteiger partial charge in [0.25, 0.3) is 0 Å². The van der Waals surface area contributed by atoms with Gasteiger partial charge in [0.05, 0.1) is 24.4 Å². The standard InChI is InChI=1S/C28H19FN6O2/c1-36-19-15-23-26(32-16-19)24(12-14-30-23)37-18-10-8-17(9-11-18)33-28-21-6-3-2-5-20(21)25(34-35-28)22-7-4-13-31-27(22)29/h2-16H,1H3,(H,33,35). The highest BCUT2D eigenvalue weighted by Gasteiger charge is 2.15. The minimum atomic E-state index is -0.588. The van der Waals surface area contributed by atoms with E-state index in [4.69, 9.17) is 9.47 Å². The zero-order chi connectivity index (χ0) is 25.2. The first-order valence-corrected chi connectivity index (χ1v) is 11.4. The zero-order valence-electron chi connectivity index (χ0n) is 19.6. The number of rotatable bonds is 6. The highest BCUT2D eigenvalue weighted by Crippen LogP contribution is 2.33. The minimum absolute atomic E-state index is 0.302. The molecule has 0 fully saturated rings. The van der Waals surface area contributed by atoms with Gasteiger partial charge < -0.3 is 14.8 Å². The summed E-state index contributed by atoms with van der Waals surface area (Å²) >= 11 is 0. The van der Waals surface area contributed by atoms with Crippen molar-refractivity contribution in [3.63, 3.8) is 0 Å². The molecular formula is C28H19FN6O2. The van der Waals surface area contributed by atoms with Gasteiger partial charge in [-0.05, 0) is 36.4 Å². The SMILES string of the molecule is COc1cnc2c(Oc3ccc(Nc4nnc(-c5cccnc5F)c5ccccc45)cc3)ccnc2c1.